The molecule has 1 saturated carbocycles. The summed E-state index contributed by atoms with van der Waals surface area (Å²) in [5.41, 5.74) is 2.68. The Hall–Kier alpha value is -1.59. The lowest BCUT2D eigenvalue weighted by Crippen LogP contribution is -2.45. The van der Waals surface area contributed by atoms with Crippen molar-refractivity contribution in [2.45, 2.75) is 45.2 Å². The number of aliphatic hydroxyl groups excluding tert-OH is 1. The molecule has 1 aliphatic carbocycles. The Morgan fingerprint density at radius 1 is 1.20 bits per heavy atom. The minimum atomic E-state index is -0.00126. The van der Waals surface area contributed by atoms with E-state index in [2.05, 4.69) is 41.4 Å². The maximum atomic E-state index is 12.3. The summed E-state index contributed by atoms with van der Waals surface area (Å²) in [5.74, 6) is 0.563. The minimum Gasteiger partial charge on any atom is -0.395 e. The Morgan fingerprint density at radius 2 is 1.88 bits per heavy atom. The molecule has 2 N–H and O–H groups in total. The van der Waals surface area contributed by atoms with Crippen LogP contribution in [-0.2, 0) is 6.54 Å². The van der Waals surface area contributed by atoms with E-state index in [0.717, 1.165) is 51.9 Å². The van der Waals surface area contributed by atoms with Crippen LogP contribution in [0.1, 0.15) is 36.8 Å². The molecule has 2 amide bonds. The molecule has 5 nitrogen and oxygen atoms in total. The molecule has 0 radical (unpaired) electrons. The Kier molecular flexibility index (Phi) is 6.32. The van der Waals surface area contributed by atoms with E-state index in [9.17, 15) is 4.79 Å². The third-order valence-electron chi connectivity index (χ3n) is 5.37. The molecule has 0 atom stereocenters. The van der Waals surface area contributed by atoms with Gasteiger partial charge < -0.3 is 15.3 Å². The van der Waals surface area contributed by atoms with Gasteiger partial charge in [0, 0.05) is 25.7 Å². The lowest BCUT2D eigenvalue weighted by molar-refractivity contribution is 0.159. The zero-order valence-corrected chi connectivity index (χ0v) is 15.3. The van der Waals surface area contributed by atoms with Gasteiger partial charge in [0.1, 0.15) is 0 Å². The number of aryl methyl sites for hydroxylation is 1. The van der Waals surface area contributed by atoms with E-state index in [1.165, 1.54) is 11.1 Å². The third-order valence-corrected chi connectivity index (χ3v) is 5.37. The van der Waals surface area contributed by atoms with Gasteiger partial charge in [-0.1, -0.05) is 29.8 Å². The van der Waals surface area contributed by atoms with Crippen molar-refractivity contribution in [1.29, 1.82) is 0 Å². The van der Waals surface area contributed by atoms with Gasteiger partial charge in [0.15, 0.2) is 0 Å². The highest BCUT2D eigenvalue weighted by atomic mass is 16.3. The van der Waals surface area contributed by atoms with Gasteiger partial charge in [-0.25, -0.2) is 4.79 Å². The molecule has 5 heteroatoms. The first-order valence-electron chi connectivity index (χ1n) is 9.59. The number of benzene rings is 1. The zero-order valence-electron chi connectivity index (χ0n) is 15.3. The lowest BCUT2D eigenvalue weighted by Gasteiger charge is -2.32. The van der Waals surface area contributed by atoms with Crippen molar-refractivity contribution in [2.24, 2.45) is 5.92 Å². The van der Waals surface area contributed by atoms with Gasteiger partial charge in [-0.15, -0.1) is 0 Å². The number of rotatable bonds is 7. The SMILES string of the molecule is Cc1ccc(CN2CCC(CNC(=O)N(CCO)C3CC3)CC2)cc1. The van der Waals surface area contributed by atoms with E-state index in [0.29, 0.717) is 18.5 Å². The average molecular weight is 345 g/mol. The van der Waals surface area contributed by atoms with Gasteiger partial charge in [0.05, 0.1) is 6.61 Å². The third kappa shape index (κ3) is 5.44. The first-order valence-corrected chi connectivity index (χ1v) is 9.59. The van der Waals surface area contributed by atoms with Crippen molar-refractivity contribution >= 4 is 6.03 Å². The van der Waals surface area contributed by atoms with Crippen molar-refractivity contribution in [3.8, 4) is 0 Å². The molecule has 2 aliphatic rings. The van der Waals surface area contributed by atoms with Gasteiger partial charge in [-0.05, 0) is 57.2 Å². The zero-order chi connectivity index (χ0) is 17.6. The van der Waals surface area contributed by atoms with E-state index < -0.39 is 0 Å². The number of carbonyl (C=O) groups excluding carboxylic acids is 1. The van der Waals surface area contributed by atoms with E-state index in [4.69, 9.17) is 5.11 Å². The summed E-state index contributed by atoms with van der Waals surface area (Å²) in [6, 6.07) is 9.14. The van der Waals surface area contributed by atoms with Crippen LogP contribution < -0.4 is 5.32 Å². The Morgan fingerprint density at radius 3 is 2.48 bits per heavy atom. The van der Waals surface area contributed by atoms with E-state index in [1.807, 2.05) is 0 Å². The van der Waals surface area contributed by atoms with Crippen LogP contribution in [0.4, 0.5) is 4.79 Å². The molecule has 25 heavy (non-hydrogen) atoms. The van der Waals surface area contributed by atoms with Crippen molar-refractivity contribution in [3.63, 3.8) is 0 Å². The minimum absolute atomic E-state index is 0.00126. The van der Waals surface area contributed by atoms with Crippen LogP contribution in [0.3, 0.4) is 0 Å². The van der Waals surface area contributed by atoms with Gasteiger partial charge in [-0.3, -0.25) is 4.90 Å². The van der Waals surface area contributed by atoms with Crippen molar-refractivity contribution in [2.75, 3.05) is 32.8 Å². The average Bonchev–Trinajstić information content (AvgIpc) is 3.46. The quantitative estimate of drug-likeness (QED) is 0.798. The van der Waals surface area contributed by atoms with Crippen molar-refractivity contribution in [3.05, 3.63) is 35.4 Å². The van der Waals surface area contributed by atoms with Crippen LogP contribution >= 0.6 is 0 Å². The fourth-order valence-corrected chi connectivity index (χ4v) is 3.58. The molecule has 0 unspecified atom stereocenters. The van der Waals surface area contributed by atoms with Crippen LogP contribution in [0.5, 0.6) is 0 Å². The summed E-state index contributed by atoms with van der Waals surface area (Å²) in [7, 11) is 0. The van der Waals surface area contributed by atoms with Crippen LogP contribution in [0.2, 0.25) is 0 Å². The van der Waals surface area contributed by atoms with Gasteiger partial charge in [0.2, 0.25) is 0 Å². The van der Waals surface area contributed by atoms with Crippen molar-refractivity contribution in [1.82, 2.24) is 15.1 Å². The number of likely N-dealkylation sites (tertiary alicyclic amines) is 1. The maximum absolute atomic E-state index is 12.3. The van der Waals surface area contributed by atoms with Gasteiger partial charge in [-0.2, -0.15) is 0 Å². The van der Waals surface area contributed by atoms with E-state index in [-0.39, 0.29) is 12.6 Å². The number of nitrogens with zero attached hydrogens (tertiary/aromatic N) is 2. The number of carbonyl (C=O) groups is 1. The molecular weight excluding hydrogens is 314 g/mol. The van der Waals surface area contributed by atoms with Crippen molar-refractivity contribution < 1.29 is 9.90 Å². The highest BCUT2D eigenvalue weighted by molar-refractivity contribution is 5.74. The predicted octanol–water partition coefficient (Wildman–Crippen LogP) is 2.37. The monoisotopic (exact) mass is 345 g/mol. The summed E-state index contributed by atoms with van der Waals surface area (Å²) >= 11 is 0. The molecule has 138 valence electrons. The second-order valence-corrected chi connectivity index (χ2v) is 7.54. The molecule has 0 aromatic heterocycles. The number of nitrogens with one attached hydrogen (secondary N) is 1. The van der Waals surface area contributed by atoms with Crippen LogP contribution in [-0.4, -0.2) is 59.8 Å². The van der Waals surface area contributed by atoms with Gasteiger partial charge >= 0.3 is 6.03 Å². The number of urea groups is 1. The molecule has 3 rings (SSSR count). The largest absolute Gasteiger partial charge is 0.395 e. The number of amides is 2. The fourth-order valence-electron chi connectivity index (χ4n) is 3.58. The molecule has 0 bridgehead atoms. The van der Waals surface area contributed by atoms with Crippen LogP contribution in [0.15, 0.2) is 24.3 Å². The molecule has 2 fully saturated rings. The number of aliphatic hydroxyl groups is 1. The Balaban J connectivity index is 1.37. The number of piperidine rings is 1. The molecule has 1 heterocycles. The normalized spacial score (nSPS) is 19.0. The Bertz CT molecular complexity index is 549. The topological polar surface area (TPSA) is 55.8 Å². The fraction of sp³-hybridized carbons (Fsp3) is 0.650. The molecule has 1 aromatic carbocycles. The first kappa shape index (κ1) is 18.2. The van der Waals surface area contributed by atoms with Crippen LogP contribution in [0.25, 0.3) is 0 Å². The highest BCUT2D eigenvalue weighted by Gasteiger charge is 2.32. The predicted molar refractivity (Wildman–Crippen MR) is 99.4 cm³/mol. The Labute approximate surface area is 151 Å². The summed E-state index contributed by atoms with van der Waals surface area (Å²) < 4.78 is 0. The molecule has 1 saturated heterocycles. The summed E-state index contributed by atoms with van der Waals surface area (Å²) in [4.78, 5) is 16.6. The highest BCUT2D eigenvalue weighted by Crippen LogP contribution is 2.26. The summed E-state index contributed by atoms with van der Waals surface area (Å²) in [5, 5.41) is 12.2. The molecule has 0 spiro atoms. The van der Waals surface area contributed by atoms with Gasteiger partial charge in [0.25, 0.3) is 0 Å². The lowest BCUT2D eigenvalue weighted by atomic mass is 9.96. The van der Waals surface area contributed by atoms with Crippen LogP contribution in [0, 0.1) is 12.8 Å². The molecule has 1 aliphatic heterocycles. The first-order chi connectivity index (χ1) is 12.2. The number of hydrogen-bond donors (Lipinski definition) is 2. The standard InChI is InChI=1S/C20H31N3O2/c1-16-2-4-18(5-3-16)15-22-10-8-17(9-11-22)14-21-20(25)23(12-13-24)19-6-7-19/h2-5,17,19,24H,6-15H2,1H3,(H,21,25). The summed E-state index contributed by atoms with van der Waals surface area (Å²) in [6.45, 7) is 6.58. The second-order valence-electron chi connectivity index (χ2n) is 7.54. The summed E-state index contributed by atoms with van der Waals surface area (Å²) in [6.07, 6.45) is 4.42. The maximum Gasteiger partial charge on any atom is 0.317 e. The second kappa shape index (κ2) is 8.68. The smallest absolute Gasteiger partial charge is 0.317 e. The molecular formula is C20H31N3O2. The molecule has 1 aromatic rings. The number of hydrogen-bond acceptors (Lipinski definition) is 3. The van der Waals surface area contributed by atoms with E-state index in [1.54, 1.807) is 4.90 Å². The van der Waals surface area contributed by atoms with E-state index >= 15 is 0 Å².